The Morgan fingerprint density at radius 1 is 1.36 bits per heavy atom. The van der Waals surface area contributed by atoms with Gasteiger partial charge in [-0.25, -0.2) is 4.98 Å². The minimum Gasteiger partial charge on any atom is -0.218 e. The van der Waals surface area contributed by atoms with Crippen LogP contribution in [0.2, 0.25) is 0 Å². The molecule has 1 aromatic rings. The Morgan fingerprint density at radius 2 is 1.64 bits per heavy atom. The van der Waals surface area contributed by atoms with Crippen molar-refractivity contribution < 1.29 is 29.1 Å². The molecule has 0 radical (unpaired) electrons. The van der Waals surface area contributed by atoms with Crippen molar-refractivity contribution in [3.63, 3.8) is 0 Å². The number of rotatable bonds is 0. The van der Waals surface area contributed by atoms with E-state index in [1.165, 1.54) is 6.92 Å². The van der Waals surface area contributed by atoms with Gasteiger partial charge in [0.1, 0.15) is 0 Å². The predicted molar refractivity (Wildman–Crippen MR) is 41.5 cm³/mol. The number of hydrogen-bond acceptors (Lipinski definition) is 4. The molecule has 0 saturated heterocycles. The van der Waals surface area contributed by atoms with E-state index in [4.69, 9.17) is 17.0 Å². The summed E-state index contributed by atoms with van der Waals surface area (Å²) in [7, 11) is 4.02. The van der Waals surface area contributed by atoms with E-state index >= 15 is 0 Å². The summed E-state index contributed by atoms with van der Waals surface area (Å²) in [6.45, 7) is 1.43. The average Bonchev–Trinajstić information content (AvgIpc) is 2.06. The second kappa shape index (κ2) is 10.1. The molecule has 14 heavy (non-hydrogen) atoms. The summed E-state index contributed by atoms with van der Waals surface area (Å²) in [6.07, 6.45) is 3.75. The molecule has 1 rings (SSSR count). The van der Waals surface area contributed by atoms with E-state index in [0.29, 0.717) is 0 Å². The summed E-state index contributed by atoms with van der Waals surface area (Å²) >= 11 is -5.03. The van der Waals surface area contributed by atoms with Crippen molar-refractivity contribution in [2.45, 2.75) is 6.92 Å². The second-order valence-corrected chi connectivity index (χ2v) is 4.48. The SMILES string of the molecule is CC#N.[O]=[Cr](=[O])([O-])[Cl].c1cc[nH+]cc1. The Labute approximate surface area is 88.2 Å². The summed E-state index contributed by atoms with van der Waals surface area (Å²) in [5.74, 6) is 0. The van der Waals surface area contributed by atoms with E-state index in [0.717, 1.165) is 0 Å². The molecular formula is C7H9ClCrN2O3. The van der Waals surface area contributed by atoms with Gasteiger partial charge in [0.2, 0.25) is 0 Å². The van der Waals surface area contributed by atoms with E-state index < -0.39 is 12.4 Å². The van der Waals surface area contributed by atoms with Crippen molar-refractivity contribution in [2.75, 3.05) is 0 Å². The third kappa shape index (κ3) is 43.9. The third-order valence-electron chi connectivity index (χ3n) is 0.607. The summed E-state index contributed by atoms with van der Waals surface area (Å²) in [5.41, 5.74) is 0. The maximum absolute atomic E-state index is 8.91. The molecular weight excluding hydrogens is 248 g/mol. The fourth-order valence-corrected chi connectivity index (χ4v) is 0.342. The molecule has 0 unspecified atom stereocenters. The number of hydrogen-bond donors (Lipinski definition) is 0. The van der Waals surface area contributed by atoms with Gasteiger partial charge in [-0.15, -0.1) is 0 Å². The first kappa shape index (κ1) is 15.5. The standard InChI is InChI=1S/C5H5N.C2H3N.ClH.Cr.3O/c1-2-4-6-5-3-1;1-2-3;;;;;/h1-5H;1H3;1H;;;;/q;;;+1;;;-1. The van der Waals surface area contributed by atoms with Gasteiger partial charge in [0.05, 0.1) is 6.07 Å². The van der Waals surface area contributed by atoms with Crippen molar-refractivity contribution in [3.8, 4) is 6.07 Å². The van der Waals surface area contributed by atoms with Gasteiger partial charge in [-0.05, 0) is 0 Å². The summed E-state index contributed by atoms with van der Waals surface area (Å²) in [4.78, 5) is 2.89. The fraction of sp³-hybridized carbons (Fsp3) is 0.143. The van der Waals surface area contributed by atoms with Gasteiger partial charge in [0, 0.05) is 19.1 Å². The number of nitrogens with one attached hydrogen (secondary N) is 1. The third-order valence-corrected chi connectivity index (χ3v) is 0.607. The van der Waals surface area contributed by atoms with E-state index in [1.807, 2.05) is 30.6 Å². The molecule has 0 bridgehead atoms. The number of nitriles is 1. The molecule has 0 saturated carbocycles. The van der Waals surface area contributed by atoms with Crippen LogP contribution in [0, 0.1) is 11.3 Å². The monoisotopic (exact) mass is 256 g/mol. The van der Waals surface area contributed by atoms with Crippen molar-refractivity contribution in [1.29, 1.82) is 5.26 Å². The largest absolute Gasteiger partial charge is 0.218 e. The normalized spacial score (nSPS) is 8.14. The molecule has 7 heteroatoms. The topological polar surface area (TPSA) is 95.1 Å². The van der Waals surface area contributed by atoms with Crippen LogP contribution in [0.25, 0.3) is 0 Å². The van der Waals surface area contributed by atoms with Crippen LogP contribution in [0.4, 0.5) is 0 Å². The molecule has 0 spiro atoms. The van der Waals surface area contributed by atoms with E-state index in [2.05, 4.69) is 15.0 Å². The summed E-state index contributed by atoms with van der Waals surface area (Å²) < 4.78 is 26.7. The Hall–Kier alpha value is -0.978. The number of aromatic amines is 1. The van der Waals surface area contributed by atoms with Crippen LogP contribution >= 0.6 is 10.0 Å². The van der Waals surface area contributed by atoms with Gasteiger partial charge in [0.25, 0.3) is 0 Å². The van der Waals surface area contributed by atoms with Gasteiger partial charge in [-0.2, -0.15) is 5.26 Å². The summed E-state index contributed by atoms with van der Waals surface area (Å²) in [6, 6.07) is 7.61. The Kier molecular flexibility index (Phi) is 11.2. The zero-order valence-electron chi connectivity index (χ0n) is 7.34. The molecule has 78 valence electrons. The molecule has 1 aromatic heterocycles. The minimum absolute atomic E-state index is 1.43. The van der Waals surface area contributed by atoms with Gasteiger partial charge < -0.3 is 0 Å². The average molecular weight is 257 g/mol. The number of aromatic nitrogens is 1. The first-order valence-corrected chi connectivity index (χ1v) is 6.60. The summed E-state index contributed by atoms with van der Waals surface area (Å²) in [5, 5.41) is 7.32. The zero-order chi connectivity index (χ0) is 11.4. The maximum Gasteiger partial charge on any atom is 0.166 e. The number of halogens is 1. The quantitative estimate of drug-likeness (QED) is 0.666. The van der Waals surface area contributed by atoms with Crippen molar-refractivity contribution >= 4 is 10.0 Å². The Balaban J connectivity index is 0. The Morgan fingerprint density at radius 3 is 1.71 bits per heavy atom. The molecule has 1 N–H and O–H groups in total. The van der Waals surface area contributed by atoms with E-state index in [1.54, 1.807) is 6.07 Å². The number of H-pyrrole nitrogens is 1. The molecule has 0 aliphatic rings. The maximum atomic E-state index is 8.91. The van der Waals surface area contributed by atoms with Gasteiger partial charge in [-0.1, -0.05) is 6.07 Å². The molecule has 1 heterocycles. The molecule has 0 aromatic carbocycles. The minimum atomic E-state index is -5.03. The first-order valence-electron chi connectivity index (χ1n) is 3.29. The van der Waals surface area contributed by atoms with Gasteiger partial charge in [0.15, 0.2) is 12.4 Å². The zero-order valence-corrected chi connectivity index (χ0v) is 9.38. The van der Waals surface area contributed by atoms with Crippen LogP contribution in [-0.2, 0) is 20.0 Å². The molecule has 0 fully saturated rings. The number of nitrogens with zero attached hydrogens (tertiary/aromatic N) is 1. The fourth-order valence-electron chi connectivity index (χ4n) is 0.342. The predicted octanol–water partition coefficient (Wildman–Crippen LogP) is 0.291. The molecule has 0 aliphatic carbocycles. The van der Waals surface area contributed by atoms with E-state index in [-0.39, 0.29) is 0 Å². The molecule has 5 nitrogen and oxygen atoms in total. The van der Waals surface area contributed by atoms with Crippen LogP contribution in [0.5, 0.6) is 0 Å². The van der Waals surface area contributed by atoms with Crippen LogP contribution in [-0.4, -0.2) is 0 Å². The van der Waals surface area contributed by atoms with Crippen LogP contribution in [0.3, 0.4) is 0 Å². The molecule has 0 amide bonds. The molecule has 0 aliphatic heterocycles. The van der Waals surface area contributed by atoms with Crippen LogP contribution < -0.4 is 9.14 Å². The molecule has 0 atom stereocenters. The van der Waals surface area contributed by atoms with Crippen molar-refractivity contribution in [3.05, 3.63) is 30.6 Å². The van der Waals surface area contributed by atoms with Crippen LogP contribution in [0.15, 0.2) is 30.6 Å². The van der Waals surface area contributed by atoms with Crippen molar-refractivity contribution in [1.82, 2.24) is 0 Å². The first-order chi connectivity index (χ1) is 6.41. The van der Waals surface area contributed by atoms with E-state index in [9.17, 15) is 0 Å². The second-order valence-electron chi connectivity index (χ2n) is 1.69. The Bertz CT molecular complexity index is 312. The van der Waals surface area contributed by atoms with Gasteiger partial charge >= 0.3 is 34.2 Å². The van der Waals surface area contributed by atoms with Gasteiger partial charge in [-0.3, -0.25) is 0 Å². The van der Waals surface area contributed by atoms with Crippen LogP contribution in [0.1, 0.15) is 6.92 Å². The number of pyridine rings is 1. The van der Waals surface area contributed by atoms with Crippen molar-refractivity contribution in [2.24, 2.45) is 0 Å². The smallest absolute Gasteiger partial charge is 0.166 e.